The summed E-state index contributed by atoms with van der Waals surface area (Å²) in [6.45, 7) is 0. The molecule has 3 heterocycles. The number of nitrogens with zero attached hydrogens (tertiary/aromatic N) is 3. The van der Waals surface area contributed by atoms with Crippen molar-refractivity contribution in [1.29, 1.82) is 0 Å². The second kappa shape index (κ2) is 4.57. The lowest BCUT2D eigenvalue weighted by molar-refractivity contribution is 0.789. The number of aromatic amines is 2. The second-order valence-corrected chi connectivity index (χ2v) is 5.72. The van der Waals surface area contributed by atoms with E-state index in [0.29, 0.717) is 21.7 Å². The Morgan fingerprint density at radius 3 is 2.76 bits per heavy atom. The Morgan fingerprint density at radius 2 is 1.95 bits per heavy atom. The summed E-state index contributed by atoms with van der Waals surface area (Å²) in [5.41, 5.74) is 3.78. The highest BCUT2D eigenvalue weighted by Crippen LogP contribution is 2.34. The van der Waals surface area contributed by atoms with Gasteiger partial charge in [0, 0.05) is 5.56 Å². The van der Waals surface area contributed by atoms with Gasteiger partial charge in [0.05, 0.1) is 0 Å². The van der Waals surface area contributed by atoms with Crippen LogP contribution < -0.4 is 11.0 Å². The van der Waals surface area contributed by atoms with Crippen LogP contribution in [-0.4, -0.2) is 24.8 Å². The lowest BCUT2D eigenvalue weighted by atomic mass is 10.2. The highest BCUT2D eigenvalue weighted by atomic mass is 32.2. The summed E-state index contributed by atoms with van der Waals surface area (Å²) < 4.78 is 2.00. The van der Waals surface area contributed by atoms with Crippen molar-refractivity contribution < 1.29 is 0 Å². The maximum Gasteiger partial charge on any atom is 0.268 e. The fourth-order valence-electron chi connectivity index (χ4n) is 2.07. The van der Waals surface area contributed by atoms with E-state index in [4.69, 9.17) is 12.2 Å². The van der Waals surface area contributed by atoms with Crippen LogP contribution in [0, 0.1) is 4.77 Å². The van der Waals surface area contributed by atoms with Crippen LogP contribution in [0.4, 0.5) is 5.82 Å². The first-order valence-corrected chi connectivity index (χ1v) is 7.27. The zero-order valence-electron chi connectivity index (χ0n) is 10.5. The molecule has 3 N–H and O–H groups in total. The van der Waals surface area contributed by atoms with Gasteiger partial charge in [-0.2, -0.15) is 0 Å². The lowest BCUT2D eigenvalue weighted by Gasteiger charge is -2.18. The predicted molar refractivity (Wildman–Crippen MR) is 80.8 cm³/mol. The molecule has 104 valence electrons. The molecule has 4 rings (SSSR count). The minimum absolute atomic E-state index is 0.248. The molecule has 0 saturated heterocycles. The van der Waals surface area contributed by atoms with Gasteiger partial charge in [0.2, 0.25) is 5.16 Å². The fraction of sp³-hybridized carbons (Fsp3) is 0. The van der Waals surface area contributed by atoms with E-state index in [-0.39, 0.29) is 10.3 Å². The third-order valence-electron chi connectivity index (χ3n) is 2.98. The lowest BCUT2D eigenvalue weighted by Crippen LogP contribution is -2.23. The fourth-order valence-corrected chi connectivity index (χ4v) is 3.09. The number of fused-ring (bicyclic) bond motifs is 2. The normalized spacial score (nSPS) is 12.4. The molecule has 0 amide bonds. The zero-order valence-corrected chi connectivity index (χ0v) is 12.1. The van der Waals surface area contributed by atoms with Crippen molar-refractivity contribution in [3.8, 4) is 11.4 Å². The number of nitrogens with one attached hydrogen (secondary N) is 3. The van der Waals surface area contributed by atoms with E-state index in [2.05, 4.69) is 25.6 Å². The molecule has 21 heavy (non-hydrogen) atoms. The molecule has 1 aliphatic rings. The van der Waals surface area contributed by atoms with Gasteiger partial charge in [0.15, 0.2) is 10.6 Å². The van der Waals surface area contributed by atoms with Crippen LogP contribution in [-0.2, 0) is 0 Å². The predicted octanol–water partition coefficient (Wildman–Crippen LogP) is 2.03. The van der Waals surface area contributed by atoms with Gasteiger partial charge in [0.25, 0.3) is 5.56 Å². The third-order valence-corrected chi connectivity index (χ3v) is 4.23. The number of aromatic nitrogens is 5. The van der Waals surface area contributed by atoms with Crippen molar-refractivity contribution in [3.05, 3.63) is 45.5 Å². The Hall–Kier alpha value is -2.39. The number of H-pyrrole nitrogens is 2. The zero-order chi connectivity index (χ0) is 14.4. The third kappa shape index (κ3) is 1.98. The minimum Gasteiger partial charge on any atom is -0.316 e. The van der Waals surface area contributed by atoms with Gasteiger partial charge in [0.1, 0.15) is 10.7 Å². The van der Waals surface area contributed by atoms with Crippen molar-refractivity contribution >= 4 is 29.8 Å². The van der Waals surface area contributed by atoms with Gasteiger partial charge in [-0.1, -0.05) is 30.3 Å². The molecule has 1 aliphatic heterocycles. The van der Waals surface area contributed by atoms with E-state index in [9.17, 15) is 4.79 Å². The summed E-state index contributed by atoms with van der Waals surface area (Å²) in [6, 6.07) is 9.68. The summed E-state index contributed by atoms with van der Waals surface area (Å²) >= 11 is 6.23. The van der Waals surface area contributed by atoms with Crippen LogP contribution in [0.15, 0.2) is 45.2 Å². The minimum atomic E-state index is -0.248. The first kappa shape index (κ1) is 12.4. The Bertz CT molecular complexity index is 942. The Kier molecular flexibility index (Phi) is 2.69. The van der Waals surface area contributed by atoms with Crippen molar-refractivity contribution in [3.63, 3.8) is 0 Å². The van der Waals surface area contributed by atoms with Crippen LogP contribution in [0.1, 0.15) is 0 Å². The molecular formula is C12H8N6OS2. The Balaban J connectivity index is 1.87. The Labute approximate surface area is 127 Å². The van der Waals surface area contributed by atoms with Gasteiger partial charge in [-0.3, -0.25) is 15.2 Å². The molecule has 0 fully saturated rings. The quantitative estimate of drug-likeness (QED) is 0.465. The molecule has 2 aromatic heterocycles. The average molecular weight is 316 g/mol. The monoisotopic (exact) mass is 316 g/mol. The molecule has 0 unspecified atom stereocenters. The molecule has 0 saturated carbocycles. The number of benzene rings is 1. The maximum absolute atomic E-state index is 11.9. The van der Waals surface area contributed by atoms with Crippen LogP contribution >= 0.6 is 24.0 Å². The molecular weight excluding hydrogens is 308 g/mol. The van der Waals surface area contributed by atoms with Crippen molar-refractivity contribution in [2.24, 2.45) is 0 Å². The number of hydrogen-bond acceptors (Lipinski definition) is 6. The van der Waals surface area contributed by atoms with Crippen LogP contribution in [0.3, 0.4) is 0 Å². The second-order valence-electron chi connectivity index (χ2n) is 4.33. The smallest absolute Gasteiger partial charge is 0.268 e. The maximum atomic E-state index is 11.9. The van der Waals surface area contributed by atoms with E-state index in [1.807, 2.05) is 30.3 Å². The molecule has 0 aliphatic carbocycles. The molecule has 0 radical (unpaired) electrons. The van der Waals surface area contributed by atoms with E-state index >= 15 is 0 Å². The molecule has 0 spiro atoms. The van der Waals surface area contributed by atoms with E-state index in [1.54, 1.807) is 4.68 Å². The van der Waals surface area contributed by atoms with Crippen LogP contribution in [0.5, 0.6) is 0 Å². The summed E-state index contributed by atoms with van der Waals surface area (Å²) in [4.78, 5) is 17.9. The van der Waals surface area contributed by atoms with Crippen LogP contribution in [0.2, 0.25) is 0 Å². The summed E-state index contributed by atoms with van der Waals surface area (Å²) in [7, 11) is 0. The Morgan fingerprint density at radius 1 is 1.14 bits per heavy atom. The molecule has 7 nitrogen and oxygen atoms in total. The van der Waals surface area contributed by atoms with E-state index in [0.717, 1.165) is 5.56 Å². The molecule has 0 atom stereocenters. The van der Waals surface area contributed by atoms with Crippen molar-refractivity contribution in [2.45, 2.75) is 10.1 Å². The number of hydrogen-bond donors (Lipinski definition) is 3. The number of rotatable bonds is 1. The molecule has 0 bridgehead atoms. The van der Waals surface area contributed by atoms with Crippen molar-refractivity contribution in [1.82, 2.24) is 24.8 Å². The highest BCUT2D eigenvalue weighted by Gasteiger charge is 2.24. The number of anilines is 1. The van der Waals surface area contributed by atoms with Gasteiger partial charge in [-0.15, -0.1) is 10.2 Å². The summed E-state index contributed by atoms with van der Waals surface area (Å²) in [6.07, 6.45) is 0. The van der Waals surface area contributed by atoms with E-state index in [1.165, 1.54) is 11.8 Å². The highest BCUT2D eigenvalue weighted by molar-refractivity contribution is 7.99. The van der Waals surface area contributed by atoms with Gasteiger partial charge in [-0.25, -0.2) is 4.68 Å². The topological polar surface area (TPSA) is 91.4 Å². The summed E-state index contributed by atoms with van der Waals surface area (Å²) in [5, 5.41) is 8.89. The average Bonchev–Trinajstić information content (AvgIpc) is 2.89. The van der Waals surface area contributed by atoms with Gasteiger partial charge >= 0.3 is 0 Å². The van der Waals surface area contributed by atoms with Gasteiger partial charge in [-0.05, 0) is 24.0 Å². The van der Waals surface area contributed by atoms with Gasteiger partial charge < -0.3 is 4.98 Å². The SMILES string of the molecule is O=c1[nH]c(=S)[nH]c2c1Sc1nnc(-c3ccccc3)n1N2. The molecule has 3 aromatic rings. The summed E-state index contributed by atoms with van der Waals surface area (Å²) in [5.74, 6) is 1.21. The van der Waals surface area contributed by atoms with E-state index < -0.39 is 0 Å². The first-order chi connectivity index (χ1) is 10.2. The van der Waals surface area contributed by atoms with Crippen molar-refractivity contribution in [2.75, 3.05) is 5.43 Å². The molecule has 1 aromatic carbocycles. The largest absolute Gasteiger partial charge is 0.316 e. The standard InChI is InChI=1S/C12H8N6OS2/c19-10-7-8(13-11(20)14-10)17-18-9(15-16-12(18)21-7)6-4-2-1-3-5-6/h1-5H,(H3,13,14,17,19,20). The molecule has 9 heteroatoms. The first-order valence-electron chi connectivity index (χ1n) is 6.05. The van der Waals surface area contributed by atoms with Crippen LogP contribution in [0.25, 0.3) is 11.4 Å².